The van der Waals surface area contributed by atoms with Crippen molar-refractivity contribution in [1.82, 2.24) is 25.1 Å². The van der Waals surface area contributed by atoms with Gasteiger partial charge >= 0.3 is 0 Å². The first-order valence-electron chi connectivity index (χ1n) is 15.0. The van der Waals surface area contributed by atoms with E-state index in [1.807, 2.05) is 41.3 Å². The zero-order valence-corrected chi connectivity index (χ0v) is 25.7. The largest absolute Gasteiger partial charge is 0.487 e. The molecule has 0 bridgehead atoms. The molecule has 1 aliphatic carbocycles. The van der Waals surface area contributed by atoms with Gasteiger partial charge in [0.15, 0.2) is 0 Å². The number of aliphatic hydroxyl groups excluding tert-OH is 1. The summed E-state index contributed by atoms with van der Waals surface area (Å²) in [5.41, 5.74) is 10.2. The van der Waals surface area contributed by atoms with Gasteiger partial charge in [-0.2, -0.15) is 0 Å². The summed E-state index contributed by atoms with van der Waals surface area (Å²) in [5, 5.41) is 17.5. The summed E-state index contributed by atoms with van der Waals surface area (Å²) < 4.78 is 6.03. The van der Waals surface area contributed by atoms with E-state index in [4.69, 9.17) is 22.1 Å². The zero-order valence-electron chi connectivity index (χ0n) is 25.0. The molecule has 44 heavy (non-hydrogen) atoms. The molecule has 2 aromatic rings. The van der Waals surface area contributed by atoms with Gasteiger partial charge in [-0.3, -0.25) is 14.5 Å². The van der Waals surface area contributed by atoms with Gasteiger partial charge in [0.2, 0.25) is 5.91 Å². The third kappa shape index (κ3) is 8.37. The molecule has 12 heteroatoms. The average Bonchev–Trinajstić information content (AvgIpc) is 3.23. The summed E-state index contributed by atoms with van der Waals surface area (Å²) in [4.78, 5) is 36.7. The van der Waals surface area contributed by atoms with Crippen LogP contribution in [0.5, 0.6) is 5.75 Å². The summed E-state index contributed by atoms with van der Waals surface area (Å²) in [5.74, 6) is 0.913. The number of carbonyl (C=O) groups is 2. The number of halogens is 1. The number of aliphatic hydroxyl groups is 1. The number of hydrogen-bond acceptors (Lipinski definition) is 9. The number of piperidine rings is 1. The molecule has 1 fully saturated rings. The van der Waals surface area contributed by atoms with Crippen LogP contribution in [-0.4, -0.2) is 88.2 Å². The SMILES string of the molecule is CC(=O)N1CCC(Nc2cc(C(=O)NC[C@H](O)CN3CCc4c(ccc(OCC5=CC=CCC(N)=C5)c4Cl)C3)ncn2)CC1. The van der Waals surface area contributed by atoms with Crippen molar-refractivity contribution in [1.29, 1.82) is 0 Å². The number of aromatic nitrogens is 2. The lowest BCUT2D eigenvalue weighted by Crippen LogP contribution is -2.42. The number of fused-ring (bicyclic) bond motifs is 1. The first-order valence-corrected chi connectivity index (χ1v) is 15.4. The molecule has 1 aromatic carbocycles. The molecule has 2 aliphatic heterocycles. The van der Waals surface area contributed by atoms with Gasteiger partial charge in [-0.05, 0) is 48.1 Å². The van der Waals surface area contributed by atoms with Crippen LogP contribution in [0.4, 0.5) is 5.82 Å². The topological polar surface area (TPSA) is 146 Å². The number of nitrogens with one attached hydrogen (secondary N) is 2. The first-order chi connectivity index (χ1) is 21.2. The van der Waals surface area contributed by atoms with Crippen molar-refractivity contribution in [3.63, 3.8) is 0 Å². The van der Waals surface area contributed by atoms with Crippen LogP contribution in [-0.2, 0) is 17.8 Å². The van der Waals surface area contributed by atoms with Crippen LogP contribution >= 0.6 is 11.6 Å². The van der Waals surface area contributed by atoms with Crippen molar-refractivity contribution in [2.45, 2.75) is 51.3 Å². The van der Waals surface area contributed by atoms with Crippen molar-refractivity contribution in [3.8, 4) is 5.75 Å². The Hall–Kier alpha value is -3.93. The fourth-order valence-electron chi connectivity index (χ4n) is 5.68. The molecule has 0 unspecified atom stereocenters. The number of allylic oxidation sites excluding steroid dienone is 3. The summed E-state index contributed by atoms with van der Waals surface area (Å²) >= 11 is 6.74. The second kappa shape index (κ2) is 14.7. The van der Waals surface area contributed by atoms with E-state index in [0.29, 0.717) is 49.4 Å². The molecule has 5 rings (SSSR count). The number of anilines is 1. The fourth-order valence-corrected chi connectivity index (χ4v) is 6.01. The minimum Gasteiger partial charge on any atom is -0.487 e. The molecule has 1 aromatic heterocycles. The molecule has 5 N–H and O–H groups in total. The molecule has 2 amide bonds. The van der Waals surface area contributed by atoms with Crippen molar-refractivity contribution in [2.24, 2.45) is 5.73 Å². The van der Waals surface area contributed by atoms with E-state index in [0.717, 1.165) is 54.6 Å². The van der Waals surface area contributed by atoms with Crippen molar-refractivity contribution >= 4 is 29.2 Å². The summed E-state index contributed by atoms with van der Waals surface area (Å²) in [6.07, 6.45) is 11.6. The Kier molecular flexibility index (Phi) is 10.5. The smallest absolute Gasteiger partial charge is 0.270 e. The maximum atomic E-state index is 12.8. The Bertz CT molecular complexity index is 1450. The number of carbonyl (C=O) groups excluding carboxylic acids is 2. The van der Waals surface area contributed by atoms with Crippen LogP contribution in [0.3, 0.4) is 0 Å². The Labute approximate surface area is 262 Å². The number of β-amino-alcohol motifs (C(OH)–C–C–N with tert-alkyl or cyclic N) is 1. The van der Waals surface area contributed by atoms with Crippen LogP contribution in [0, 0.1) is 0 Å². The molecule has 3 heterocycles. The van der Waals surface area contributed by atoms with E-state index < -0.39 is 6.10 Å². The van der Waals surface area contributed by atoms with Gasteiger partial charge in [-0.1, -0.05) is 35.9 Å². The molecule has 0 saturated carbocycles. The number of rotatable bonds is 10. The highest BCUT2D eigenvalue weighted by Crippen LogP contribution is 2.34. The lowest BCUT2D eigenvalue weighted by Gasteiger charge is -2.32. The summed E-state index contributed by atoms with van der Waals surface area (Å²) in [6, 6.07) is 5.69. The molecule has 0 spiro atoms. The third-order valence-corrected chi connectivity index (χ3v) is 8.52. The molecular formula is C32H40ClN7O4. The number of nitrogens with zero attached hydrogens (tertiary/aromatic N) is 4. The predicted molar refractivity (Wildman–Crippen MR) is 169 cm³/mol. The van der Waals surface area contributed by atoms with Gasteiger partial charge in [-0.25, -0.2) is 9.97 Å². The predicted octanol–water partition coefficient (Wildman–Crippen LogP) is 2.81. The Morgan fingerprint density at radius 2 is 2.05 bits per heavy atom. The van der Waals surface area contributed by atoms with Crippen molar-refractivity contribution < 1.29 is 19.4 Å². The van der Waals surface area contributed by atoms with Crippen LogP contribution < -0.4 is 21.1 Å². The van der Waals surface area contributed by atoms with Gasteiger partial charge in [0, 0.05) is 70.4 Å². The maximum Gasteiger partial charge on any atom is 0.270 e. The van der Waals surface area contributed by atoms with Crippen LogP contribution in [0.15, 0.2) is 60.1 Å². The van der Waals surface area contributed by atoms with Crippen molar-refractivity contribution in [3.05, 3.63) is 81.9 Å². The minimum absolute atomic E-state index is 0.0853. The van der Waals surface area contributed by atoms with Gasteiger partial charge in [0.25, 0.3) is 5.91 Å². The highest BCUT2D eigenvalue weighted by atomic mass is 35.5. The number of likely N-dealkylation sites (tertiary alicyclic amines) is 1. The zero-order chi connectivity index (χ0) is 31.1. The lowest BCUT2D eigenvalue weighted by atomic mass is 9.99. The summed E-state index contributed by atoms with van der Waals surface area (Å²) in [6.45, 7) is 5.21. The molecule has 1 saturated heterocycles. The number of hydrogen-bond donors (Lipinski definition) is 4. The fraction of sp³-hybridized carbons (Fsp3) is 0.438. The van der Waals surface area contributed by atoms with E-state index in [9.17, 15) is 14.7 Å². The van der Waals surface area contributed by atoms with Crippen LogP contribution in [0.1, 0.15) is 47.8 Å². The molecule has 234 valence electrons. The van der Waals surface area contributed by atoms with Crippen LogP contribution in [0.2, 0.25) is 5.02 Å². The first kappa shape index (κ1) is 31.5. The normalized spacial score (nSPS) is 18.0. The Balaban J connectivity index is 1.08. The molecule has 0 radical (unpaired) electrons. The Morgan fingerprint density at radius 3 is 2.84 bits per heavy atom. The second-order valence-corrected chi connectivity index (χ2v) is 11.8. The molecular weight excluding hydrogens is 582 g/mol. The van der Waals surface area contributed by atoms with Crippen LogP contribution in [0.25, 0.3) is 0 Å². The molecule has 1 atom stereocenters. The number of ether oxygens (including phenoxy) is 1. The lowest BCUT2D eigenvalue weighted by molar-refractivity contribution is -0.129. The average molecular weight is 622 g/mol. The Morgan fingerprint density at radius 1 is 1.23 bits per heavy atom. The maximum absolute atomic E-state index is 12.8. The standard InChI is InChI=1S/C32H40ClN7O4/c1-21(41)40-12-8-25(9-13-40)38-30-15-28(36-20-37-30)32(43)35-16-26(42)18-39-11-10-27-23(17-39)6-7-29(31(27)33)44-19-22-4-2-3-5-24(34)14-22/h2-4,6-7,14-15,20,25-26,42H,5,8-13,16-19,34H2,1H3,(H,35,43)(H,36,37,38)/t26-/m0/s1. The minimum atomic E-state index is -0.758. The van der Waals surface area contributed by atoms with E-state index in [2.05, 4.69) is 25.5 Å². The number of amides is 2. The monoisotopic (exact) mass is 621 g/mol. The number of nitrogens with two attached hydrogens (primary N) is 1. The van der Waals surface area contributed by atoms with Gasteiger partial charge in [-0.15, -0.1) is 0 Å². The summed E-state index contributed by atoms with van der Waals surface area (Å²) in [7, 11) is 0. The van der Waals surface area contributed by atoms with Gasteiger partial charge in [0.05, 0.1) is 11.1 Å². The van der Waals surface area contributed by atoms with E-state index in [1.54, 1.807) is 13.0 Å². The van der Waals surface area contributed by atoms with Gasteiger partial charge in [0.1, 0.15) is 30.2 Å². The second-order valence-electron chi connectivity index (χ2n) is 11.5. The van der Waals surface area contributed by atoms with E-state index in [-0.39, 0.29) is 30.1 Å². The van der Waals surface area contributed by atoms with Crippen molar-refractivity contribution in [2.75, 3.05) is 44.6 Å². The van der Waals surface area contributed by atoms with Gasteiger partial charge < -0.3 is 31.1 Å². The molecule has 11 nitrogen and oxygen atoms in total. The van der Waals surface area contributed by atoms with E-state index in [1.165, 1.54) is 6.33 Å². The van der Waals surface area contributed by atoms with E-state index >= 15 is 0 Å². The quantitative estimate of drug-likeness (QED) is 0.315. The molecule has 3 aliphatic rings. The highest BCUT2D eigenvalue weighted by molar-refractivity contribution is 6.33. The number of benzene rings is 1. The highest BCUT2D eigenvalue weighted by Gasteiger charge is 2.24. The third-order valence-electron chi connectivity index (χ3n) is 8.10.